The maximum atomic E-state index is 12.4. The van der Waals surface area contributed by atoms with Crippen LogP contribution in [0.15, 0.2) is 18.2 Å². The highest BCUT2D eigenvalue weighted by atomic mass is 35.5. The van der Waals surface area contributed by atoms with Gasteiger partial charge in [-0.2, -0.15) is 0 Å². The van der Waals surface area contributed by atoms with Gasteiger partial charge in [0.2, 0.25) is 0 Å². The summed E-state index contributed by atoms with van der Waals surface area (Å²) in [5.74, 6) is 0.577. The SMILES string of the molecule is Cc1c(NC(C)C(C)C)cccc1C(=O)NC1CCNC1.Cl.Cl. The minimum atomic E-state index is 0. The van der Waals surface area contributed by atoms with Gasteiger partial charge in [-0.3, -0.25) is 4.79 Å². The zero-order valence-corrected chi connectivity index (χ0v) is 15.9. The second-order valence-corrected chi connectivity index (χ2v) is 6.32. The average molecular weight is 362 g/mol. The molecule has 2 atom stereocenters. The molecule has 2 unspecified atom stereocenters. The van der Waals surface area contributed by atoms with Crippen molar-refractivity contribution in [3.8, 4) is 0 Å². The Hall–Kier alpha value is -0.970. The first-order valence-corrected chi connectivity index (χ1v) is 7.86. The highest BCUT2D eigenvalue weighted by Crippen LogP contribution is 2.21. The lowest BCUT2D eigenvalue weighted by molar-refractivity contribution is 0.0939. The van der Waals surface area contributed by atoms with Crippen molar-refractivity contribution in [2.24, 2.45) is 5.92 Å². The van der Waals surface area contributed by atoms with E-state index in [1.165, 1.54) is 0 Å². The van der Waals surface area contributed by atoms with Crippen LogP contribution in [-0.4, -0.2) is 31.1 Å². The molecule has 2 rings (SSSR count). The quantitative estimate of drug-likeness (QED) is 0.753. The van der Waals surface area contributed by atoms with E-state index in [-0.39, 0.29) is 36.8 Å². The van der Waals surface area contributed by atoms with E-state index in [1.54, 1.807) is 0 Å². The lowest BCUT2D eigenvalue weighted by atomic mass is 10.0. The molecule has 132 valence electrons. The number of rotatable bonds is 5. The minimum absolute atomic E-state index is 0. The average Bonchev–Trinajstić information content (AvgIpc) is 2.93. The summed E-state index contributed by atoms with van der Waals surface area (Å²) in [4.78, 5) is 12.4. The Morgan fingerprint density at radius 3 is 2.52 bits per heavy atom. The van der Waals surface area contributed by atoms with Gasteiger partial charge >= 0.3 is 0 Å². The van der Waals surface area contributed by atoms with Crippen LogP contribution in [0.2, 0.25) is 0 Å². The summed E-state index contributed by atoms with van der Waals surface area (Å²) >= 11 is 0. The van der Waals surface area contributed by atoms with E-state index in [1.807, 2.05) is 25.1 Å². The Kier molecular flexibility index (Phi) is 9.59. The van der Waals surface area contributed by atoms with E-state index in [0.717, 1.165) is 36.3 Å². The molecule has 1 amide bonds. The van der Waals surface area contributed by atoms with E-state index in [9.17, 15) is 4.79 Å². The van der Waals surface area contributed by atoms with Gasteiger partial charge in [-0.25, -0.2) is 0 Å². The second-order valence-electron chi connectivity index (χ2n) is 6.32. The van der Waals surface area contributed by atoms with Gasteiger partial charge in [0.1, 0.15) is 0 Å². The monoisotopic (exact) mass is 361 g/mol. The van der Waals surface area contributed by atoms with Crippen molar-refractivity contribution in [1.82, 2.24) is 10.6 Å². The topological polar surface area (TPSA) is 53.2 Å². The molecule has 1 fully saturated rings. The van der Waals surface area contributed by atoms with Crippen molar-refractivity contribution in [2.45, 2.75) is 46.2 Å². The van der Waals surface area contributed by atoms with Crippen molar-refractivity contribution in [3.05, 3.63) is 29.3 Å². The standard InChI is InChI=1S/C17H27N3O.2ClH/c1-11(2)13(4)19-16-7-5-6-15(12(16)3)17(21)20-14-8-9-18-10-14;;/h5-7,11,13-14,18-19H,8-10H2,1-4H3,(H,20,21);2*1H. The number of amides is 1. The summed E-state index contributed by atoms with van der Waals surface area (Å²) in [5, 5.41) is 9.88. The van der Waals surface area contributed by atoms with Crippen LogP contribution in [-0.2, 0) is 0 Å². The summed E-state index contributed by atoms with van der Waals surface area (Å²) < 4.78 is 0. The Morgan fingerprint density at radius 1 is 1.26 bits per heavy atom. The molecule has 4 nitrogen and oxygen atoms in total. The Balaban J connectivity index is 0.00000242. The lowest BCUT2D eigenvalue weighted by Gasteiger charge is -2.21. The minimum Gasteiger partial charge on any atom is -0.382 e. The lowest BCUT2D eigenvalue weighted by Crippen LogP contribution is -2.36. The third-order valence-electron chi connectivity index (χ3n) is 4.36. The van der Waals surface area contributed by atoms with Crippen molar-refractivity contribution >= 4 is 36.4 Å². The molecule has 23 heavy (non-hydrogen) atoms. The zero-order valence-electron chi connectivity index (χ0n) is 14.3. The van der Waals surface area contributed by atoms with Crippen LogP contribution in [0.1, 0.15) is 43.1 Å². The summed E-state index contributed by atoms with van der Waals surface area (Å²) in [7, 11) is 0. The number of benzene rings is 1. The molecule has 1 aliphatic heterocycles. The fourth-order valence-corrected chi connectivity index (χ4v) is 2.49. The van der Waals surface area contributed by atoms with E-state index in [0.29, 0.717) is 12.0 Å². The summed E-state index contributed by atoms with van der Waals surface area (Å²) in [6.07, 6.45) is 1.01. The number of hydrogen-bond acceptors (Lipinski definition) is 3. The maximum absolute atomic E-state index is 12.4. The molecule has 1 aliphatic rings. The van der Waals surface area contributed by atoms with Gasteiger partial charge in [0, 0.05) is 29.9 Å². The van der Waals surface area contributed by atoms with Crippen molar-refractivity contribution in [3.63, 3.8) is 0 Å². The summed E-state index contributed by atoms with van der Waals surface area (Å²) in [6.45, 7) is 10.4. The Morgan fingerprint density at radius 2 is 1.96 bits per heavy atom. The maximum Gasteiger partial charge on any atom is 0.251 e. The van der Waals surface area contributed by atoms with Gasteiger partial charge in [0.05, 0.1) is 0 Å². The fraction of sp³-hybridized carbons (Fsp3) is 0.588. The van der Waals surface area contributed by atoms with E-state index < -0.39 is 0 Å². The highest BCUT2D eigenvalue weighted by Gasteiger charge is 2.19. The van der Waals surface area contributed by atoms with E-state index in [4.69, 9.17) is 0 Å². The first kappa shape index (κ1) is 22.0. The van der Waals surface area contributed by atoms with E-state index in [2.05, 4.69) is 36.7 Å². The van der Waals surface area contributed by atoms with Crippen LogP contribution in [0.4, 0.5) is 5.69 Å². The van der Waals surface area contributed by atoms with Gasteiger partial charge in [-0.1, -0.05) is 19.9 Å². The number of hydrogen-bond donors (Lipinski definition) is 3. The van der Waals surface area contributed by atoms with Crippen LogP contribution in [0.25, 0.3) is 0 Å². The number of carbonyl (C=O) groups is 1. The number of halogens is 2. The molecule has 0 radical (unpaired) electrons. The highest BCUT2D eigenvalue weighted by molar-refractivity contribution is 5.97. The zero-order chi connectivity index (χ0) is 15.4. The number of anilines is 1. The molecule has 0 saturated carbocycles. The molecule has 0 spiro atoms. The largest absolute Gasteiger partial charge is 0.382 e. The number of nitrogens with one attached hydrogen (secondary N) is 3. The van der Waals surface area contributed by atoms with Gasteiger partial charge in [-0.15, -0.1) is 24.8 Å². The molecular weight excluding hydrogens is 333 g/mol. The molecular formula is C17H29Cl2N3O. The molecule has 1 heterocycles. The van der Waals surface area contributed by atoms with Crippen LogP contribution < -0.4 is 16.0 Å². The Labute approximate surface area is 152 Å². The predicted octanol–water partition coefficient (Wildman–Crippen LogP) is 3.39. The third kappa shape index (κ3) is 5.87. The summed E-state index contributed by atoms with van der Waals surface area (Å²) in [5.41, 5.74) is 2.84. The molecule has 1 aromatic rings. The molecule has 1 aromatic carbocycles. The molecule has 1 saturated heterocycles. The van der Waals surface area contributed by atoms with Crippen LogP contribution in [0.5, 0.6) is 0 Å². The number of carbonyl (C=O) groups excluding carboxylic acids is 1. The molecule has 0 bridgehead atoms. The van der Waals surface area contributed by atoms with Crippen molar-refractivity contribution < 1.29 is 4.79 Å². The fourth-order valence-electron chi connectivity index (χ4n) is 2.49. The first-order valence-electron chi connectivity index (χ1n) is 7.86. The van der Waals surface area contributed by atoms with Gasteiger partial charge in [0.15, 0.2) is 0 Å². The van der Waals surface area contributed by atoms with Crippen LogP contribution in [0, 0.1) is 12.8 Å². The predicted molar refractivity (Wildman–Crippen MR) is 102 cm³/mol. The van der Waals surface area contributed by atoms with E-state index >= 15 is 0 Å². The first-order chi connectivity index (χ1) is 9.99. The molecule has 0 aromatic heterocycles. The Bertz CT molecular complexity index is 503. The molecule has 0 aliphatic carbocycles. The van der Waals surface area contributed by atoms with Crippen LogP contribution >= 0.6 is 24.8 Å². The third-order valence-corrected chi connectivity index (χ3v) is 4.36. The summed E-state index contributed by atoms with van der Waals surface area (Å²) in [6, 6.07) is 6.52. The van der Waals surface area contributed by atoms with Gasteiger partial charge in [0.25, 0.3) is 5.91 Å². The van der Waals surface area contributed by atoms with Crippen molar-refractivity contribution in [1.29, 1.82) is 0 Å². The second kappa shape index (κ2) is 10.0. The molecule has 3 N–H and O–H groups in total. The molecule has 6 heteroatoms. The van der Waals surface area contributed by atoms with Gasteiger partial charge < -0.3 is 16.0 Å². The van der Waals surface area contributed by atoms with Gasteiger partial charge in [-0.05, 0) is 50.4 Å². The van der Waals surface area contributed by atoms with Crippen molar-refractivity contribution in [2.75, 3.05) is 18.4 Å². The van der Waals surface area contributed by atoms with Crippen LogP contribution in [0.3, 0.4) is 0 Å². The smallest absolute Gasteiger partial charge is 0.251 e. The normalized spacial score (nSPS) is 17.9.